The second-order valence-corrected chi connectivity index (χ2v) is 10.5. The standard InChI is InChI=1S/C29H30BrClN2O2/c1-2-3-4-5-6-17-34-24-14-9-21(10-15-24)29-33-27(25-18-22(30)11-16-28(25)35-29)19-26(32-33)20-7-12-23(31)13-8-20/h7-16,18,27,29H,2-6,17,19H2,1H3/t27-,29+/m0/s1. The van der Waals surface area contributed by atoms with Gasteiger partial charge in [0.15, 0.2) is 0 Å². The fraction of sp³-hybridized carbons (Fsp3) is 0.345. The van der Waals surface area contributed by atoms with Crippen molar-refractivity contribution in [3.63, 3.8) is 0 Å². The van der Waals surface area contributed by atoms with E-state index in [1.165, 1.54) is 25.7 Å². The Morgan fingerprint density at radius 2 is 1.77 bits per heavy atom. The van der Waals surface area contributed by atoms with Crippen molar-refractivity contribution in [1.29, 1.82) is 0 Å². The Balaban J connectivity index is 1.36. The predicted octanol–water partition coefficient (Wildman–Crippen LogP) is 8.69. The topological polar surface area (TPSA) is 34.1 Å². The third-order valence-electron chi connectivity index (χ3n) is 6.61. The Hall–Kier alpha value is -2.50. The van der Waals surface area contributed by atoms with Crippen molar-refractivity contribution in [1.82, 2.24) is 5.01 Å². The molecule has 0 amide bonds. The van der Waals surface area contributed by atoms with Crippen molar-refractivity contribution in [2.24, 2.45) is 5.10 Å². The highest BCUT2D eigenvalue weighted by molar-refractivity contribution is 9.10. The van der Waals surface area contributed by atoms with E-state index < -0.39 is 0 Å². The molecule has 0 aromatic heterocycles. The van der Waals surface area contributed by atoms with Gasteiger partial charge in [-0.2, -0.15) is 5.10 Å². The summed E-state index contributed by atoms with van der Waals surface area (Å²) < 4.78 is 13.5. The maximum Gasteiger partial charge on any atom is 0.213 e. The smallest absolute Gasteiger partial charge is 0.213 e. The summed E-state index contributed by atoms with van der Waals surface area (Å²) in [5.74, 6) is 1.80. The summed E-state index contributed by atoms with van der Waals surface area (Å²) in [6, 6.07) is 22.5. The van der Waals surface area contributed by atoms with Crippen molar-refractivity contribution in [2.75, 3.05) is 6.61 Å². The Kier molecular flexibility index (Phi) is 7.64. The molecule has 4 nitrogen and oxygen atoms in total. The second-order valence-electron chi connectivity index (χ2n) is 9.14. The lowest BCUT2D eigenvalue weighted by Gasteiger charge is -2.38. The van der Waals surface area contributed by atoms with Gasteiger partial charge in [0.25, 0.3) is 0 Å². The van der Waals surface area contributed by atoms with E-state index >= 15 is 0 Å². The van der Waals surface area contributed by atoms with E-state index in [2.05, 4.69) is 46.1 Å². The van der Waals surface area contributed by atoms with Crippen LogP contribution in [0.3, 0.4) is 0 Å². The zero-order valence-electron chi connectivity index (χ0n) is 19.9. The molecule has 0 saturated heterocycles. The number of hydrazone groups is 1. The van der Waals surface area contributed by atoms with Crippen LogP contribution in [0.1, 0.15) is 74.4 Å². The molecule has 3 aromatic carbocycles. The van der Waals surface area contributed by atoms with Gasteiger partial charge in [0.2, 0.25) is 6.23 Å². The van der Waals surface area contributed by atoms with Crippen LogP contribution in [0, 0.1) is 0 Å². The first-order valence-corrected chi connectivity index (χ1v) is 13.6. The van der Waals surface area contributed by atoms with Crippen molar-refractivity contribution in [2.45, 2.75) is 57.7 Å². The first-order chi connectivity index (χ1) is 17.1. The van der Waals surface area contributed by atoms with Gasteiger partial charge in [-0.3, -0.25) is 0 Å². The van der Waals surface area contributed by atoms with Crippen LogP contribution in [0.25, 0.3) is 0 Å². The van der Waals surface area contributed by atoms with E-state index in [1.54, 1.807) is 0 Å². The molecule has 0 unspecified atom stereocenters. The fourth-order valence-electron chi connectivity index (χ4n) is 4.72. The Bertz CT molecular complexity index is 1180. The van der Waals surface area contributed by atoms with Gasteiger partial charge in [-0.15, -0.1) is 0 Å². The molecule has 0 saturated carbocycles. The monoisotopic (exact) mass is 552 g/mol. The molecule has 0 spiro atoms. The molecule has 0 bridgehead atoms. The van der Waals surface area contributed by atoms with Crippen LogP contribution in [0.2, 0.25) is 5.02 Å². The molecule has 6 heteroatoms. The summed E-state index contributed by atoms with van der Waals surface area (Å²) in [5.41, 5.74) is 4.32. The molecule has 2 aliphatic rings. The van der Waals surface area contributed by atoms with Crippen molar-refractivity contribution >= 4 is 33.2 Å². The first-order valence-electron chi connectivity index (χ1n) is 12.4. The van der Waals surface area contributed by atoms with Gasteiger partial charge in [0.1, 0.15) is 11.5 Å². The van der Waals surface area contributed by atoms with Gasteiger partial charge in [-0.1, -0.05) is 72.3 Å². The minimum Gasteiger partial charge on any atom is -0.494 e. The van der Waals surface area contributed by atoms with Crippen molar-refractivity contribution < 1.29 is 9.47 Å². The van der Waals surface area contributed by atoms with Gasteiger partial charge in [0, 0.05) is 27.0 Å². The number of unbranched alkanes of at least 4 members (excludes halogenated alkanes) is 4. The molecule has 0 N–H and O–H groups in total. The van der Waals surface area contributed by atoms with Crippen molar-refractivity contribution in [3.05, 3.63) is 92.9 Å². The van der Waals surface area contributed by atoms with E-state index in [0.717, 1.165) is 62.8 Å². The number of halogens is 2. The molecule has 2 heterocycles. The second kappa shape index (κ2) is 11.0. The zero-order valence-corrected chi connectivity index (χ0v) is 22.3. The lowest BCUT2D eigenvalue weighted by molar-refractivity contribution is -0.0191. The fourth-order valence-corrected chi connectivity index (χ4v) is 5.22. The highest BCUT2D eigenvalue weighted by atomic mass is 79.9. The highest BCUT2D eigenvalue weighted by Crippen LogP contribution is 2.48. The number of fused-ring (bicyclic) bond motifs is 3. The van der Waals surface area contributed by atoms with Gasteiger partial charge in [-0.05, 0) is 66.6 Å². The molecule has 2 aliphatic heterocycles. The summed E-state index contributed by atoms with van der Waals surface area (Å²) >= 11 is 9.74. The Morgan fingerprint density at radius 3 is 2.54 bits per heavy atom. The van der Waals surface area contributed by atoms with E-state index in [0.29, 0.717) is 0 Å². The molecular weight excluding hydrogens is 524 g/mol. The summed E-state index contributed by atoms with van der Waals surface area (Å²) in [7, 11) is 0. The maximum absolute atomic E-state index is 6.50. The largest absolute Gasteiger partial charge is 0.494 e. The van der Waals surface area contributed by atoms with Gasteiger partial charge in [0.05, 0.1) is 18.4 Å². The van der Waals surface area contributed by atoms with Crippen LogP contribution in [-0.4, -0.2) is 17.3 Å². The molecular formula is C29H30BrClN2O2. The average Bonchev–Trinajstić information content (AvgIpc) is 3.32. The van der Waals surface area contributed by atoms with E-state index in [-0.39, 0.29) is 12.3 Å². The zero-order chi connectivity index (χ0) is 24.2. The number of nitrogens with zero attached hydrogens (tertiary/aromatic N) is 2. The van der Waals surface area contributed by atoms with Gasteiger partial charge < -0.3 is 9.47 Å². The van der Waals surface area contributed by atoms with Crippen LogP contribution < -0.4 is 9.47 Å². The maximum atomic E-state index is 6.50. The SMILES string of the molecule is CCCCCCCOc1ccc([C@H]2Oc3ccc(Br)cc3[C@@H]3CC(c4ccc(Cl)cc4)=NN23)cc1. The average molecular weight is 554 g/mol. The normalized spacial score (nSPS) is 18.5. The summed E-state index contributed by atoms with van der Waals surface area (Å²) in [6.07, 6.45) is 6.67. The number of rotatable bonds is 9. The number of benzene rings is 3. The van der Waals surface area contributed by atoms with Gasteiger partial charge >= 0.3 is 0 Å². The van der Waals surface area contributed by atoms with Gasteiger partial charge in [-0.25, -0.2) is 5.01 Å². The molecule has 3 aromatic rings. The van der Waals surface area contributed by atoms with Crippen LogP contribution >= 0.6 is 27.5 Å². The minimum atomic E-state index is -0.304. The molecule has 35 heavy (non-hydrogen) atoms. The van der Waals surface area contributed by atoms with Crippen LogP contribution in [0.15, 0.2) is 76.3 Å². The third kappa shape index (κ3) is 5.52. The lowest BCUT2D eigenvalue weighted by atomic mass is 9.96. The number of ether oxygens (including phenoxy) is 2. The first kappa shape index (κ1) is 24.2. The summed E-state index contributed by atoms with van der Waals surface area (Å²) in [5, 5.41) is 7.86. The van der Waals surface area contributed by atoms with Crippen LogP contribution in [0.4, 0.5) is 0 Å². The number of hydrogen-bond acceptors (Lipinski definition) is 4. The lowest BCUT2D eigenvalue weighted by Crippen LogP contribution is -2.33. The quantitative estimate of drug-likeness (QED) is 0.249. The van der Waals surface area contributed by atoms with Crippen LogP contribution in [-0.2, 0) is 0 Å². The highest BCUT2D eigenvalue weighted by Gasteiger charge is 2.41. The molecule has 2 atom stereocenters. The Labute approximate surface area is 221 Å². The van der Waals surface area contributed by atoms with E-state index in [1.807, 2.05) is 48.5 Å². The molecule has 0 fully saturated rings. The van der Waals surface area contributed by atoms with Crippen LogP contribution in [0.5, 0.6) is 11.5 Å². The summed E-state index contributed by atoms with van der Waals surface area (Å²) in [6.45, 7) is 2.99. The summed E-state index contributed by atoms with van der Waals surface area (Å²) in [4.78, 5) is 0. The third-order valence-corrected chi connectivity index (χ3v) is 7.36. The predicted molar refractivity (Wildman–Crippen MR) is 145 cm³/mol. The molecule has 182 valence electrons. The minimum absolute atomic E-state index is 0.103. The van der Waals surface area contributed by atoms with Crippen molar-refractivity contribution in [3.8, 4) is 11.5 Å². The number of hydrogen-bond donors (Lipinski definition) is 0. The van der Waals surface area contributed by atoms with E-state index in [9.17, 15) is 0 Å². The molecule has 0 radical (unpaired) electrons. The van der Waals surface area contributed by atoms with E-state index in [4.69, 9.17) is 26.2 Å². The molecule has 0 aliphatic carbocycles. The molecule has 5 rings (SSSR count). The Morgan fingerprint density at radius 1 is 1.00 bits per heavy atom.